The molecule has 0 aromatic heterocycles. The van der Waals surface area contributed by atoms with Crippen molar-refractivity contribution in [2.24, 2.45) is 0 Å². The van der Waals surface area contributed by atoms with Crippen LogP contribution < -0.4 is 5.32 Å². The third-order valence-corrected chi connectivity index (χ3v) is 2.07. The standard InChI is InChI=1S/C12H9NO7/c14-9(1-2-10(15)16)13-8-4-6(11(17)18)3-7(5-8)12(19)20/h1-5H,(H,13,14)(H,15,16)(H,17,18)(H,19,20)/b2-1-. The molecule has 8 nitrogen and oxygen atoms in total. The van der Waals surface area contributed by atoms with Crippen molar-refractivity contribution in [1.29, 1.82) is 0 Å². The minimum atomic E-state index is -1.36. The van der Waals surface area contributed by atoms with Gasteiger partial charge in [0, 0.05) is 17.8 Å². The molecule has 4 N–H and O–H groups in total. The highest BCUT2D eigenvalue weighted by molar-refractivity contribution is 6.04. The lowest BCUT2D eigenvalue weighted by atomic mass is 10.1. The van der Waals surface area contributed by atoms with E-state index in [0.29, 0.717) is 6.08 Å². The van der Waals surface area contributed by atoms with Crippen LogP contribution in [0, 0.1) is 0 Å². The second-order valence-electron chi connectivity index (χ2n) is 3.57. The number of amides is 1. The number of aromatic carboxylic acids is 2. The Hall–Kier alpha value is -3.16. The minimum absolute atomic E-state index is 0.0673. The first kappa shape index (κ1) is 14.9. The van der Waals surface area contributed by atoms with Gasteiger partial charge in [0.2, 0.25) is 5.91 Å². The summed E-state index contributed by atoms with van der Waals surface area (Å²) < 4.78 is 0. The molecule has 0 bridgehead atoms. The van der Waals surface area contributed by atoms with E-state index < -0.39 is 23.8 Å². The van der Waals surface area contributed by atoms with Crippen molar-refractivity contribution in [2.45, 2.75) is 0 Å². The Morgan fingerprint density at radius 1 is 0.850 bits per heavy atom. The largest absolute Gasteiger partial charge is 0.478 e. The van der Waals surface area contributed by atoms with Gasteiger partial charge in [0.25, 0.3) is 0 Å². The molecule has 0 saturated heterocycles. The molecule has 0 unspecified atom stereocenters. The highest BCUT2D eigenvalue weighted by Crippen LogP contribution is 2.15. The number of hydrogen-bond acceptors (Lipinski definition) is 4. The maximum absolute atomic E-state index is 11.3. The fraction of sp³-hybridized carbons (Fsp3) is 0. The summed E-state index contributed by atoms with van der Waals surface area (Å²) in [6.07, 6.45) is 1.31. The molecule has 0 atom stereocenters. The molecule has 0 radical (unpaired) electrons. The first-order chi connectivity index (χ1) is 9.29. The molecule has 0 saturated carbocycles. The molecule has 0 fully saturated rings. The monoisotopic (exact) mass is 279 g/mol. The van der Waals surface area contributed by atoms with Crippen LogP contribution in [0.3, 0.4) is 0 Å². The predicted molar refractivity (Wildman–Crippen MR) is 65.8 cm³/mol. The number of aliphatic carboxylic acids is 1. The third-order valence-electron chi connectivity index (χ3n) is 2.07. The fourth-order valence-electron chi connectivity index (χ4n) is 1.28. The van der Waals surface area contributed by atoms with E-state index in [1.165, 1.54) is 0 Å². The minimum Gasteiger partial charge on any atom is -0.478 e. The van der Waals surface area contributed by atoms with E-state index in [-0.39, 0.29) is 16.8 Å². The van der Waals surface area contributed by atoms with E-state index in [1.807, 2.05) is 0 Å². The lowest BCUT2D eigenvalue weighted by molar-refractivity contribution is -0.131. The maximum Gasteiger partial charge on any atom is 0.335 e. The van der Waals surface area contributed by atoms with E-state index in [4.69, 9.17) is 15.3 Å². The highest BCUT2D eigenvalue weighted by Gasteiger charge is 2.12. The van der Waals surface area contributed by atoms with Gasteiger partial charge in [-0.1, -0.05) is 0 Å². The van der Waals surface area contributed by atoms with Gasteiger partial charge in [-0.15, -0.1) is 0 Å². The van der Waals surface area contributed by atoms with Crippen LogP contribution >= 0.6 is 0 Å². The Morgan fingerprint density at radius 3 is 1.75 bits per heavy atom. The van der Waals surface area contributed by atoms with E-state index in [1.54, 1.807) is 0 Å². The molecule has 1 rings (SSSR count). The topological polar surface area (TPSA) is 141 Å². The Balaban J connectivity index is 3.05. The average Bonchev–Trinajstić information content (AvgIpc) is 2.35. The molecule has 1 aromatic carbocycles. The average molecular weight is 279 g/mol. The number of rotatable bonds is 5. The van der Waals surface area contributed by atoms with Gasteiger partial charge >= 0.3 is 17.9 Å². The molecule has 0 aliphatic carbocycles. The van der Waals surface area contributed by atoms with Crippen molar-refractivity contribution in [3.63, 3.8) is 0 Å². The van der Waals surface area contributed by atoms with Crippen molar-refractivity contribution in [2.75, 3.05) is 5.32 Å². The molecule has 0 aliphatic heterocycles. The van der Waals surface area contributed by atoms with Crippen LogP contribution in [0.4, 0.5) is 5.69 Å². The summed E-state index contributed by atoms with van der Waals surface area (Å²) in [5.41, 5.74) is -0.702. The lowest BCUT2D eigenvalue weighted by Gasteiger charge is -2.05. The van der Waals surface area contributed by atoms with Gasteiger partial charge in [-0.3, -0.25) is 4.79 Å². The number of carboxylic acids is 3. The summed E-state index contributed by atoms with van der Waals surface area (Å²) in [5, 5.41) is 28.2. The number of nitrogens with one attached hydrogen (secondary N) is 1. The van der Waals surface area contributed by atoms with Gasteiger partial charge in [-0.25, -0.2) is 14.4 Å². The van der Waals surface area contributed by atoms with Gasteiger partial charge in [-0.05, 0) is 18.2 Å². The summed E-state index contributed by atoms with van der Waals surface area (Å²) in [5.74, 6) is -4.87. The molecular formula is C12H9NO7. The van der Waals surface area contributed by atoms with Gasteiger partial charge in [0.05, 0.1) is 11.1 Å². The number of anilines is 1. The highest BCUT2D eigenvalue weighted by atomic mass is 16.4. The molecule has 1 aromatic rings. The Bertz CT molecular complexity index is 586. The maximum atomic E-state index is 11.3. The molecule has 20 heavy (non-hydrogen) atoms. The zero-order chi connectivity index (χ0) is 15.3. The number of hydrogen-bond donors (Lipinski definition) is 4. The molecule has 0 spiro atoms. The van der Waals surface area contributed by atoms with E-state index in [0.717, 1.165) is 24.3 Å². The van der Waals surface area contributed by atoms with Crippen LogP contribution in [-0.4, -0.2) is 39.1 Å². The number of carbonyl (C=O) groups is 4. The van der Waals surface area contributed by atoms with Crippen molar-refractivity contribution < 1.29 is 34.5 Å². The normalized spacial score (nSPS) is 10.2. The Morgan fingerprint density at radius 2 is 1.35 bits per heavy atom. The Kier molecular flexibility index (Phi) is 4.57. The smallest absolute Gasteiger partial charge is 0.335 e. The Labute approximate surface area is 112 Å². The summed E-state index contributed by atoms with van der Waals surface area (Å²) in [6.45, 7) is 0. The van der Waals surface area contributed by atoms with Crippen molar-refractivity contribution >= 4 is 29.5 Å². The second-order valence-corrected chi connectivity index (χ2v) is 3.57. The number of carbonyl (C=O) groups excluding carboxylic acids is 1. The second kappa shape index (κ2) is 6.14. The molecule has 0 aliphatic rings. The van der Waals surface area contributed by atoms with Crippen LogP contribution in [0.2, 0.25) is 0 Å². The molecule has 104 valence electrons. The van der Waals surface area contributed by atoms with Gasteiger partial charge < -0.3 is 20.6 Å². The lowest BCUT2D eigenvalue weighted by Crippen LogP contribution is -2.11. The van der Waals surface area contributed by atoms with Crippen LogP contribution in [-0.2, 0) is 9.59 Å². The van der Waals surface area contributed by atoms with Crippen LogP contribution in [0.15, 0.2) is 30.4 Å². The molecule has 0 heterocycles. The van der Waals surface area contributed by atoms with Crippen molar-refractivity contribution in [1.82, 2.24) is 0 Å². The van der Waals surface area contributed by atoms with Crippen molar-refractivity contribution in [3.8, 4) is 0 Å². The molecular weight excluding hydrogens is 270 g/mol. The fourth-order valence-corrected chi connectivity index (χ4v) is 1.28. The van der Waals surface area contributed by atoms with E-state index in [9.17, 15) is 19.2 Å². The van der Waals surface area contributed by atoms with Crippen LogP contribution in [0.25, 0.3) is 0 Å². The number of benzene rings is 1. The molecule has 1 amide bonds. The predicted octanol–water partition coefficient (Wildman–Crippen LogP) is 0.662. The van der Waals surface area contributed by atoms with E-state index >= 15 is 0 Å². The van der Waals surface area contributed by atoms with Crippen LogP contribution in [0.5, 0.6) is 0 Å². The summed E-state index contributed by atoms with van der Waals surface area (Å²) in [4.78, 5) is 43.2. The van der Waals surface area contributed by atoms with Gasteiger partial charge in [0.1, 0.15) is 0 Å². The summed E-state index contributed by atoms with van der Waals surface area (Å²) in [6, 6.07) is 3.05. The summed E-state index contributed by atoms with van der Waals surface area (Å²) >= 11 is 0. The third kappa shape index (κ3) is 4.26. The van der Waals surface area contributed by atoms with Crippen molar-refractivity contribution in [3.05, 3.63) is 41.5 Å². The summed E-state index contributed by atoms with van der Waals surface area (Å²) in [7, 11) is 0. The zero-order valence-electron chi connectivity index (χ0n) is 9.86. The zero-order valence-corrected chi connectivity index (χ0v) is 9.86. The first-order valence-corrected chi connectivity index (χ1v) is 5.13. The van der Waals surface area contributed by atoms with Gasteiger partial charge in [-0.2, -0.15) is 0 Å². The van der Waals surface area contributed by atoms with E-state index in [2.05, 4.69) is 5.32 Å². The quantitative estimate of drug-likeness (QED) is 0.580. The first-order valence-electron chi connectivity index (χ1n) is 5.13. The van der Waals surface area contributed by atoms with Gasteiger partial charge in [0.15, 0.2) is 0 Å². The number of carboxylic acid groups (broad SMARTS) is 3. The SMILES string of the molecule is O=C(O)/C=C\C(=O)Nc1cc(C(=O)O)cc(C(=O)O)c1. The molecule has 8 heteroatoms. The van der Waals surface area contributed by atoms with Crippen LogP contribution in [0.1, 0.15) is 20.7 Å².